The first-order chi connectivity index (χ1) is 9.70. The van der Waals surface area contributed by atoms with E-state index in [1.807, 2.05) is 4.72 Å². The minimum Gasteiger partial charge on any atom is -0.272 e. The number of thiophene rings is 1. The number of amides is 1. The molecule has 0 bridgehead atoms. The zero-order chi connectivity index (χ0) is 15.8. The molecule has 0 saturated heterocycles. The summed E-state index contributed by atoms with van der Waals surface area (Å²) in [7, 11) is -3.83. The van der Waals surface area contributed by atoms with Crippen LogP contribution in [-0.2, 0) is 21.4 Å². The first-order valence-corrected chi connectivity index (χ1v) is 8.70. The van der Waals surface area contributed by atoms with E-state index >= 15 is 0 Å². The summed E-state index contributed by atoms with van der Waals surface area (Å²) in [5.41, 5.74) is 1.22. The van der Waals surface area contributed by atoms with Crippen LogP contribution in [0, 0.1) is 20.8 Å². The van der Waals surface area contributed by atoms with Crippen LogP contribution in [0.4, 0.5) is 0 Å². The molecule has 2 aromatic rings. The van der Waals surface area contributed by atoms with Crippen molar-refractivity contribution >= 4 is 38.9 Å². The number of carbonyl (C=O) groups is 1. The van der Waals surface area contributed by atoms with Gasteiger partial charge in [-0.05, 0) is 32.9 Å². The maximum atomic E-state index is 12.0. The van der Waals surface area contributed by atoms with Crippen molar-refractivity contribution in [2.45, 2.75) is 31.5 Å². The van der Waals surface area contributed by atoms with Gasteiger partial charge < -0.3 is 0 Å². The molecule has 0 fully saturated rings. The van der Waals surface area contributed by atoms with Gasteiger partial charge in [0.25, 0.3) is 15.9 Å². The zero-order valence-electron chi connectivity index (χ0n) is 11.7. The minimum absolute atomic E-state index is 0.111. The lowest BCUT2D eigenvalue weighted by atomic mass is 10.4. The van der Waals surface area contributed by atoms with Crippen molar-refractivity contribution in [3.05, 3.63) is 33.4 Å². The minimum atomic E-state index is -3.83. The maximum absolute atomic E-state index is 12.0. The topological polar surface area (TPSA) is 81.1 Å². The highest BCUT2D eigenvalue weighted by Gasteiger charge is 2.20. The molecule has 2 heterocycles. The number of carbonyl (C=O) groups excluding carboxylic acids is 1. The molecule has 0 saturated carbocycles. The number of aromatic nitrogens is 2. The average molecular weight is 348 g/mol. The normalized spacial score (nSPS) is 11.6. The highest BCUT2D eigenvalue weighted by atomic mass is 35.5. The van der Waals surface area contributed by atoms with Crippen LogP contribution in [-0.4, -0.2) is 24.1 Å². The van der Waals surface area contributed by atoms with Gasteiger partial charge >= 0.3 is 0 Å². The van der Waals surface area contributed by atoms with Crippen LogP contribution in [0.5, 0.6) is 0 Å². The van der Waals surface area contributed by atoms with Crippen molar-refractivity contribution < 1.29 is 13.2 Å². The second-order valence-corrected chi connectivity index (χ2v) is 8.11. The van der Waals surface area contributed by atoms with Crippen LogP contribution in [0.3, 0.4) is 0 Å². The number of nitrogens with zero attached hydrogens (tertiary/aromatic N) is 2. The molecule has 114 valence electrons. The molecule has 1 N–H and O–H groups in total. The number of halogens is 1. The van der Waals surface area contributed by atoms with Gasteiger partial charge in [0.15, 0.2) is 0 Å². The van der Waals surface area contributed by atoms with E-state index in [4.69, 9.17) is 11.6 Å². The summed E-state index contributed by atoms with van der Waals surface area (Å²) >= 11 is 7.09. The molecule has 21 heavy (non-hydrogen) atoms. The van der Waals surface area contributed by atoms with E-state index in [2.05, 4.69) is 5.10 Å². The molecule has 0 radical (unpaired) electrons. The van der Waals surface area contributed by atoms with Gasteiger partial charge in [-0.15, -0.1) is 11.3 Å². The first kappa shape index (κ1) is 16.0. The fourth-order valence-electron chi connectivity index (χ4n) is 1.75. The summed E-state index contributed by atoms with van der Waals surface area (Å²) < 4.78 is 27.6. The van der Waals surface area contributed by atoms with Gasteiger partial charge in [0.05, 0.1) is 16.4 Å². The van der Waals surface area contributed by atoms with Crippen molar-refractivity contribution in [3.63, 3.8) is 0 Å². The Balaban J connectivity index is 2.13. The second-order valence-electron chi connectivity index (χ2n) is 4.54. The Morgan fingerprint density at radius 1 is 1.38 bits per heavy atom. The van der Waals surface area contributed by atoms with Crippen LogP contribution in [0.15, 0.2) is 16.3 Å². The predicted molar refractivity (Wildman–Crippen MR) is 81.1 cm³/mol. The Morgan fingerprint density at radius 3 is 2.52 bits per heavy atom. The lowest BCUT2D eigenvalue weighted by molar-refractivity contribution is -0.120. The number of aryl methyl sites for hydroxylation is 2. The largest absolute Gasteiger partial charge is 0.273 e. The molecule has 2 rings (SSSR count). The molecule has 1 amide bonds. The van der Waals surface area contributed by atoms with Gasteiger partial charge in [-0.25, -0.2) is 13.1 Å². The van der Waals surface area contributed by atoms with Gasteiger partial charge in [0.2, 0.25) is 0 Å². The Labute approximate surface area is 131 Å². The summed E-state index contributed by atoms with van der Waals surface area (Å²) in [6.07, 6.45) is 0. The summed E-state index contributed by atoms with van der Waals surface area (Å²) in [6, 6.07) is 3.15. The molecule has 0 aromatic carbocycles. The molecule has 2 aromatic heterocycles. The smallest absolute Gasteiger partial charge is 0.272 e. The van der Waals surface area contributed by atoms with Gasteiger partial charge in [-0.1, -0.05) is 11.6 Å². The number of nitrogens with one attached hydrogen (secondary N) is 1. The van der Waals surface area contributed by atoms with Gasteiger partial charge in [-0.3, -0.25) is 9.48 Å². The molecule has 0 spiro atoms. The first-order valence-electron chi connectivity index (χ1n) is 6.02. The van der Waals surface area contributed by atoms with E-state index in [1.54, 1.807) is 26.8 Å². The molecular formula is C12H14ClN3O3S2. The van der Waals surface area contributed by atoms with Crippen molar-refractivity contribution in [1.29, 1.82) is 0 Å². The maximum Gasteiger partial charge on any atom is 0.273 e. The third-order valence-electron chi connectivity index (χ3n) is 2.82. The zero-order valence-corrected chi connectivity index (χ0v) is 14.1. The van der Waals surface area contributed by atoms with E-state index in [9.17, 15) is 13.2 Å². The van der Waals surface area contributed by atoms with Crippen LogP contribution < -0.4 is 4.72 Å². The number of hydrogen-bond acceptors (Lipinski definition) is 5. The van der Waals surface area contributed by atoms with E-state index in [0.29, 0.717) is 16.4 Å². The van der Waals surface area contributed by atoms with Crippen molar-refractivity contribution in [2.75, 3.05) is 0 Å². The Morgan fingerprint density at radius 2 is 2.05 bits per heavy atom. The van der Waals surface area contributed by atoms with E-state index < -0.39 is 15.9 Å². The summed E-state index contributed by atoms with van der Waals surface area (Å²) in [5, 5.41) is 4.56. The fourth-order valence-corrected chi connectivity index (χ4v) is 4.15. The van der Waals surface area contributed by atoms with Crippen LogP contribution >= 0.6 is 22.9 Å². The van der Waals surface area contributed by atoms with Crippen molar-refractivity contribution in [1.82, 2.24) is 14.5 Å². The van der Waals surface area contributed by atoms with E-state index in [0.717, 1.165) is 16.2 Å². The van der Waals surface area contributed by atoms with E-state index in [-0.39, 0.29) is 10.8 Å². The number of rotatable bonds is 4. The summed E-state index contributed by atoms with van der Waals surface area (Å²) in [6.45, 7) is 5.02. The average Bonchev–Trinajstić information content (AvgIpc) is 2.90. The highest BCUT2D eigenvalue weighted by Crippen LogP contribution is 2.21. The molecule has 9 heteroatoms. The van der Waals surface area contributed by atoms with Crippen LogP contribution in [0.1, 0.15) is 16.3 Å². The summed E-state index contributed by atoms with van der Waals surface area (Å²) in [4.78, 5) is 12.7. The Hall–Kier alpha value is -1.38. The van der Waals surface area contributed by atoms with Crippen LogP contribution in [0.25, 0.3) is 0 Å². The number of hydrogen-bond donors (Lipinski definition) is 1. The Bertz CT molecular complexity index is 793. The quantitative estimate of drug-likeness (QED) is 0.917. The standard InChI is InChI=1S/C12H14ClN3O3S2/c1-7-4-5-11(20-7)21(18,19)15-10(17)6-16-9(3)12(13)8(2)14-16/h4-5H,6H2,1-3H3,(H,15,17). The second kappa shape index (κ2) is 5.78. The molecule has 6 nitrogen and oxygen atoms in total. The van der Waals surface area contributed by atoms with Crippen LogP contribution in [0.2, 0.25) is 5.02 Å². The lowest BCUT2D eigenvalue weighted by Gasteiger charge is -2.06. The Kier molecular flexibility index (Phi) is 4.40. The molecular weight excluding hydrogens is 334 g/mol. The third-order valence-corrected chi connectivity index (χ3v) is 6.23. The number of sulfonamides is 1. The van der Waals surface area contributed by atoms with Crippen molar-refractivity contribution in [3.8, 4) is 0 Å². The molecule has 0 aliphatic rings. The molecule has 0 unspecified atom stereocenters. The predicted octanol–water partition coefficient (Wildman–Crippen LogP) is 2.03. The van der Waals surface area contributed by atoms with Gasteiger partial charge in [0.1, 0.15) is 10.8 Å². The van der Waals surface area contributed by atoms with Gasteiger partial charge in [-0.2, -0.15) is 5.10 Å². The molecule has 0 aliphatic heterocycles. The van der Waals surface area contributed by atoms with E-state index in [1.165, 1.54) is 10.7 Å². The fraction of sp³-hybridized carbons (Fsp3) is 0.333. The molecule has 0 atom stereocenters. The lowest BCUT2D eigenvalue weighted by Crippen LogP contribution is -2.33. The molecule has 0 aliphatic carbocycles. The van der Waals surface area contributed by atoms with Crippen molar-refractivity contribution in [2.24, 2.45) is 0 Å². The highest BCUT2D eigenvalue weighted by molar-refractivity contribution is 7.92. The monoisotopic (exact) mass is 347 g/mol. The summed E-state index contributed by atoms with van der Waals surface area (Å²) in [5.74, 6) is -0.664. The SMILES string of the molecule is Cc1ccc(S(=O)(=O)NC(=O)Cn2nc(C)c(Cl)c2C)s1. The van der Waals surface area contributed by atoms with Gasteiger partial charge in [0, 0.05) is 4.88 Å². The third kappa shape index (κ3) is 3.45.